The molecule has 2 rings (SSSR count). The maximum Gasteiger partial charge on any atom is 0.148 e. The molecule has 3 atom stereocenters. The van der Waals surface area contributed by atoms with Crippen molar-refractivity contribution in [3.63, 3.8) is 0 Å². The van der Waals surface area contributed by atoms with Crippen LogP contribution in [0, 0.1) is 0 Å². The van der Waals surface area contributed by atoms with Crippen molar-refractivity contribution < 1.29 is 14.3 Å². The number of ether oxygens (including phenoxy) is 2. The van der Waals surface area contributed by atoms with Crippen molar-refractivity contribution in [1.29, 1.82) is 0 Å². The van der Waals surface area contributed by atoms with Gasteiger partial charge in [0, 0.05) is 6.61 Å². The normalized spacial score (nSPS) is 43.8. The zero-order valence-electron chi connectivity index (χ0n) is 8.70. The molecule has 2 aliphatic heterocycles. The summed E-state index contributed by atoms with van der Waals surface area (Å²) < 4.78 is 11.5. The molecule has 0 amide bonds. The van der Waals surface area contributed by atoms with E-state index in [0.29, 0.717) is 0 Å². The van der Waals surface area contributed by atoms with Crippen molar-refractivity contribution >= 4 is 6.29 Å². The Kier molecular flexibility index (Phi) is 2.88. The van der Waals surface area contributed by atoms with Gasteiger partial charge >= 0.3 is 0 Å². The standard InChI is InChI=1S/C11H18O3/c1-11(10-5-3-7-13-10)6-2-4-9(8-12)14-11/h8-10H,2-7H2,1H3. The lowest BCUT2D eigenvalue weighted by atomic mass is 9.87. The van der Waals surface area contributed by atoms with Gasteiger partial charge in [-0.05, 0) is 39.0 Å². The van der Waals surface area contributed by atoms with E-state index in [2.05, 4.69) is 6.92 Å². The van der Waals surface area contributed by atoms with Crippen LogP contribution in [-0.4, -0.2) is 30.7 Å². The van der Waals surface area contributed by atoms with Gasteiger partial charge in [-0.25, -0.2) is 0 Å². The average Bonchev–Trinajstić information content (AvgIpc) is 2.71. The van der Waals surface area contributed by atoms with Crippen LogP contribution in [0.5, 0.6) is 0 Å². The van der Waals surface area contributed by atoms with Crippen molar-refractivity contribution in [2.45, 2.75) is 56.8 Å². The van der Waals surface area contributed by atoms with Crippen LogP contribution in [0.4, 0.5) is 0 Å². The maximum absolute atomic E-state index is 10.7. The Labute approximate surface area is 84.8 Å². The van der Waals surface area contributed by atoms with Crippen LogP contribution in [0.3, 0.4) is 0 Å². The molecule has 0 N–H and O–H groups in total. The fourth-order valence-corrected chi connectivity index (χ4v) is 2.51. The molecule has 14 heavy (non-hydrogen) atoms. The molecule has 0 aliphatic carbocycles. The van der Waals surface area contributed by atoms with E-state index in [1.54, 1.807) is 0 Å². The van der Waals surface area contributed by atoms with Crippen molar-refractivity contribution in [3.05, 3.63) is 0 Å². The van der Waals surface area contributed by atoms with E-state index in [4.69, 9.17) is 9.47 Å². The van der Waals surface area contributed by atoms with Gasteiger partial charge in [-0.3, -0.25) is 0 Å². The van der Waals surface area contributed by atoms with Crippen molar-refractivity contribution in [2.75, 3.05) is 6.61 Å². The van der Waals surface area contributed by atoms with Crippen LogP contribution in [-0.2, 0) is 14.3 Å². The monoisotopic (exact) mass is 198 g/mol. The molecular formula is C11H18O3. The number of hydrogen-bond acceptors (Lipinski definition) is 3. The molecule has 3 nitrogen and oxygen atoms in total. The lowest BCUT2D eigenvalue weighted by Crippen LogP contribution is -2.47. The summed E-state index contributed by atoms with van der Waals surface area (Å²) >= 11 is 0. The van der Waals surface area contributed by atoms with Crippen molar-refractivity contribution in [3.8, 4) is 0 Å². The Balaban J connectivity index is 2.01. The molecule has 0 bridgehead atoms. The van der Waals surface area contributed by atoms with Gasteiger partial charge in [-0.15, -0.1) is 0 Å². The van der Waals surface area contributed by atoms with Gasteiger partial charge in [-0.1, -0.05) is 0 Å². The first-order valence-corrected chi connectivity index (χ1v) is 5.49. The van der Waals surface area contributed by atoms with Gasteiger partial charge in [0.05, 0.1) is 11.7 Å². The van der Waals surface area contributed by atoms with E-state index >= 15 is 0 Å². The Morgan fingerprint density at radius 1 is 1.36 bits per heavy atom. The van der Waals surface area contributed by atoms with Gasteiger partial charge in [-0.2, -0.15) is 0 Å². The van der Waals surface area contributed by atoms with Crippen LogP contribution >= 0.6 is 0 Å². The highest BCUT2D eigenvalue weighted by molar-refractivity contribution is 5.56. The molecule has 2 heterocycles. The summed E-state index contributed by atoms with van der Waals surface area (Å²) in [7, 11) is 0. The van der Waals surface area contributed by atoms with E-state index in [0.717, 1.165) is 45.0 Å². The Bertz CT molecular complexity index is 211. The quantitative estimate of drug-likeness (QED) is 0.633. The summed E-state index contributed by atoms with van der Waals surface area (Å²) in [4.78, 5) is 10.7. The van der Waals surface area contributed by atoms with Crippen molar-refractivity contribution in [1.82, 2.24) is 0 Å². The first-order valence-electron chi connectivity index (χ1n) is 5.49. The third-order valence-electron chi connectivity index (χ3n) is 3.34. The van der Waals surface area contributed by atoms with E-state index in [1.165, 1.54) is 0 Å². The van der Waals surface area contributed by atoms with Crippen molar-refractivity contribution in [2.24, 2.45) is 0 Å². The number of carbonyl (C=O) groups excluding carboxylic acids is 1. The third-order valence-corrected chi connectivity index (χ3v) is 3.34. The average molecular weight is 198 g/mol. The molecule has 0 radical (unpaired) electrons. The molecule has 2 saturated heterocycles. The molecule has 80 valence electrons. The SMILES string of the molecule is CC1(C2CCCO2)CCCC(C=O)O1. The van der Waals surface area contributed by atoms with Gasteiger partial charge in [0.1, 0.15) is 12.4 Å². The minimum absolute atomic E-state index is 0.199. The molecule has 0 aromatic carbocycles. The van der Waals surface area contributed by atoms with Crippen LogP contribution in [0.2, 0.25) is 0 Å². The lowest BCUT2D eigenvalue weighted by molar-refractivity contribution is -0.175. The highest BCUT2D eigenvalue weighted by Gasteiger charge is 2.41. The zero-order valence-corrected chi connectivity index (χ0v) is 8.70. The molecule has 2 fully saturated rings. The second-order valence-corrected chi connectivity index (χ2v) is 4.50. The molecular weight excluding hydrogens is 180 g/mol. The first-order chi connectivity index (χ1) is 6.74. The lowest BCUT2D eigenvalue weighted by Gasteiger charge is -2.40. The number of aldehydes is 1. The molecule has 0 aromatic rings. The van der Waals surface area contributed by atoms with Gasteiger partial charge < -0.3 is 14.3 Å². The number of hydrogen-bond donors (Lipinski definition) is 0. The highest BCUT2D eigenvalue weighted by Crippen LogP contribution is 2.36. The van der Waals surface area contributed by atoms with E-state index < -0.39 is 0 Å². The van der Waals surface area contributed by atoms with E-state index in [9.17, 15) is 4.79 Å². The van der Waals surface area contributed by atoms with Gasteiger partial charge in [0.2, 0.25) is 0 Å². The summed E-state index contributed by atoms with van der Waals surface area (Å²) in [5.41, 5.74) is -0.222. The summed E-state index contributed by atoms with van der Waals surface area (Å²) in [5, 5.41) is 0. The second-order valence-electron chi connectivity index (χ2n) is 4.50. The molecule has 0 saturated carbocycles. The summed E-state index contributed by atoms with van der Waals surface area (Å²) in [5.74, 6) is 0. The van der Waals surface area contributed by atoms with Gasteiger partial charge in [0.25, 0.3) is 0 Å². The number of rotatable bonds is 2. The summed E-state index contributed by atoms with van der Waals surface area (Å²) in [6.07, 6.45) is 6.06. The van der Waals surface area contributed by atoms with E-state index in [-0.39, 0.29) is 17.8 Å². The zero-order chi connectivity index (χ0) is 10.0. The molecule has 3 unspecified atom stereocenters. The predicted octanol–water partition coefficient (Wildman–Crippen LogP) is 1.69. The fourth-order valence-electron chi connectivity index (χ4n) is 2.51. The largest absolute Gasteiger partial charge is 0.375 e. The molecule has 0 aromatic heterocycles. The maximum atomic E-state index is 10.7. The van der Waals surface area contributed by atoms with Gasteiger partial charge in [0.15, 0.2) is 0 Å². The predicted molar refractivity (Wildman–Crippen MR) is 52.2 cm³/mol. The van der Waals surface area contributed by atoms with Crippen LogP contribution in [0.15, 0.2) is 0 Å². The third kappa shape index (κ3) is 1.84. The smallest absolute Gasteiger partial charge is 0.148 e. The van der Waals surface area contributed by atoms with Crippen LogP contribution in [0.1, 0.15) is 39.0 Å². The highest BCUT2D eigenvalue weighted by atomic mass is 16.6. The van der Waals surface area contributed by atoms with Crippen LogP contribution in [0.25, 0.3) is 0 Å². The first kappa shape index (κ1) is 10.1. The van der Waals surface area contributed by atoms with E-state index in [1.807, 2.05) is 0 Å². The second kappa shape index (κ2) is 3.99. The fraction of sp³-hybridized carbons (Fsp3) is 0.909. The topological polar surface area (TPSA) is 35.5 Å². The number of carbonyl (C=O) groups is 1. The summed E-state index contributed by atoms with van der Waals surface area (Å²) in [6.45, 7) is 2.92. The summed E-state index contributed by atoms with van der Waals surface area (Å²) in [6, 6.07) is 0. The molecule has 3 heteroatoms. The minimum atomic E-state index is -0.222. The molecule has 0 spiro atoms. The van der Waals surface area contributed by atoms with Crippen LogP contribution < -0.4 is 0 Å². The Morgan fingerprint density at radius 2 is 2.21 bits per heavy atom. The Hall–Kier alpha value is -0.410. The molecule has 2 aliphatic rings. The minimum Gasteiger partial charge on any atom is -0.375 e. The Morgan fingerprint density at radius 3 is 2.86 bits per heavy atom.